The first-order chi connectivity index (χ1) is 10.0. The van der Waals surface area contributed by atoms with E-state index in [2.05, 4.69) is 5.32 Å². The minimum Gasteiger partial charge on any atom is -0.497 e. The van der Waals surface area contributed by atoms with Crippen LogP contribution >= 0.6 is 0 Å². The number of anilines is 1. The van der Waals surface area contributed by atoms with E-state index in [1.807, 2.05) is 0 Å². The van der Waals surface area contributed by atoms with E-state index in [0.717, 1.165) is 6.07 Å². The summed E-state index contributed by atoms with van der Waals surface area (Å²) in [7, 11) is 1.47. The molecule has 2 aromatic rings. The van der Waals surface area contributed by atoms with Crippen LogP contribution in [-0.4, -0.2) is 24.1 Å². The molecule has 2 N–H and O–H groups in total. The molecule has 0 aromatic heterocycles. The molecule has 0 aliphatic carbocycles. The zero-order valence-electron chi connectivity index (χ0n) is 11.1. The van der Waals surface area contributed by atoms with E-state index in [-0.39, 0.29) is 11.3 Å². The van der Waals surface area contributed by atoms with Crippen molar-refractivity contribution >= 4 is 17.6 Å². The predicted octanol–water partition coefficient (Wildman–Crippen LogP) is 2.78. The number of hydrogen-bond acceptors (Lipinski definition) is 3. The number of rotatable bonds is 4. The lowest BCUT2D eigenvalue weighted by Gasteiger charge is -2.08. The quantitative estimate of drug-likeness (QED) is 0.907. The van der Waals surface area contributed by atoms with Crippen LogP contribution in [0.15, 0.2) is 42.5 Å². The number of ether oxygens (including phenoxy) is 1. The van der Waals surface area contributed by atoms with Crippen LogP contribution in [-0.2, 0) is 0 Å². The molecule has 0 aliphatic heterocycles. The summed E-state index contributed by atoms with van der Waals surface area (Å²) in [5.41, 5.74) is 0.0239. The first-order valence-corrected chi connectivity index (χ1v) is 5.99. The number of carboxylic acids is 1. The van der Waals surface area contributed by atoms with E-state index in [4.69, 9.17) is 9.84 Å². The second-order valence-corrected chi connectivity index (χ2v) is 4.19. The third-order valence-corrected chi connectivity index (χ3v) is 2.80. The van der Waals surface area contributed by atoms with Crippen LogP contribution in [0.1, 0.15) is 20.7 Å². The summed E-state index contributed by atoms with van der Waals surface area (Å²) >= 11 is 0. The van der Waals surface area contributed by atoms with Gasteiger partial charge in [0.05, 0.1) is 18.4 Å². The molecule has 5 nitrogen and oxygen atoms in total. The van der Waals surface area contributed by atoms with E-state index >= 15 is 0 Å². The normalized spacial score (nSPS) is 10.0. The zero-order valence-corrected chi connectivity index (χ0v) is 11.1. The highest BCUT2D eigenvalue weighted by molar-refractivity contribution is 6.04. The van der Waals surface area contributed by atoms with Gasteiger partial charge in [0.25, 0.3) is 5.91 Å². The molecule has 0 fully saturated rings. The minimum absolute atomic E-state index is 0.0900. The average molecular weight is 289 g/mol. The Bertz CT molecular complexity index is 700. The SMILES string of the molecule is COc1cccc(C(=O)Nc2ccc(C(=O)O)cc2F)c1. The van der Waals surface area contributed by atoms with Crippen LogP contribution in [0.5, 0.6) is 5.75 Å². The maximum absolute atomic E-state index is 13.7. The number of carbonyl (C=O) groups is 2. The zero-order chi connectivity index (χ0) is 15.4. The monoisotopic (exact) mass is 289 g/mol. The Morgan fingerprint density at radius 3 is 2.52 bits per heavy atom. The second kappa shape index (κ2) is 6.04. The fourth-order valence-electron chi connectivity index (χ4n) is 1.71. The van der Waals surface area contributed by atoms with Gasteiger partial charge in [0.1, 0.15) is 11.6 Å². The maximum Gasteiger partial charge on any atom is 0.335 e. The van der Waals surface area contributed by atoms with Crippen molar-refractivity contribution in [1.29, 1.82) is 0 Å². The van der Waals surface area contributed by atoms with Crippen LogP contribution in [0, 0.1) is 5.82 Å². The number of methoxy groups -OCH3 is 1. The molecule has 6 heteroatoms. The number of amides is 1. The largest absolute Gasteiger partial charge is 0.497 e. The fourth-order valence-corrected chi connectivity index (χ4v) is 1.71. The molecular formula is C15H12FNO4. The summed E-state index contributed by atoms with van der Waals surface area (Å²) in [5, 5.41) is 11.1. The first kappa shape index (κ1) is 14.5. The summed E-state index contributed by atoms with van der Waals surface area (Å²) in [5.74, 6) is -2.06. The van der Waals surface area contributed by atoms with Crippen molar-refractivity contribution in [3.05, 3.63) is 59.4 Å². The third-order valence-electron chi connectivity index (χ3n) is 2.80. The van der Waals surface area contributed by atoms with Gasteiger partial charge in [0.15, 0.2) is 0 Å². The number of aromatic carboxylic acids is 1. The fraction of sp³-hybridized carbons (Fsp3) is 0.0667. The predicted molar refractivity (Wildman–Crippen MR) is 74.3 cm³/mol. The first-order valence-electron chi connectivity index (χ1n) is 5.99. The molecular weight excluding hydrogens is 277 g/mol. The molecule has 0 heterocycles. The number of carbonyl (C=O) groups excluding carboxylic acids is 1. The van der Waals surface area contributed by atoms with Crippen molar-refractivity contribution in [2.45, 2.75) is 0 Å². The molecule has 108 valence electrons. The van der Waals surface area contributed by atoms with Crippen LogP contribution in [0.4, 0.5) is 10.1 Å². The minimum atomic E-state index is -1.24. The number of carboxylic acid groups (broad SMARTS) is 1. The van der Waals surface area contributed by atoms with Gasteiger partial charge in [0.2, 0.25) is 0 Å². The van der Waals surface area contributed by atoms with Gasteiger partial charge in [-0.05, 0) is 36.4 Å². The standard InChI is InChI=1S/C15H12FNO4/c1-21-11-4-2-3-9(7-11)14(18)17-13-6-5-10(15(19)20)8-12(13)16/h2-8H,1H3,(H,17,18)(H,19,20). The number of benzene rings is 2. The molecule has 21 heavy (non-hydrogen) atoms. The van der Waals surface area contributed by atoms with Crippen LogP contribution < -0.4 is 10.1 Å². The third kappa shape index (κ3) is 3.36. The summed E-state index contributed by atoms with van der Waals surface area (Å²) in [6.07, 6.45) is 0. The molecule has 1 amide bonds. The van der Waals surface area contributed by atoms with Gasteiger partial charge >= 0.3 is 5.97 Å². The van der Waals surface area contributed by atoms with E-state index in [9.17, 15) is 14.0 Å². The Labute approximate surface area is 120 Å². The Kier molecular flexibility index (Phi) is 4.18. The van der Waals surface area contributed by atoms with E-state index in [1.165, 1.54) is 25.3 Å². The smallest absolute Gasteiger partial charge is 0.335 e. The summed E-state index contributed by atoms with van der Waals surface area (Å²) in [6, 6.07) is 9.66. The highest BCUT2D eigenvalue weighted by atomic mass is 19.1. The Balaban J connectivity index is 2.21. The number of halogens is 1. The van der Waals surface area contributed by atoms with Gasteiger partial charge < -0.3 is 15.2 Å². The Hall–Kier alpha value is -2.89. The molecule has 0 bridgehead atoms. The highest BCUT2D eigenvalue weighted by Gasteiger charge is 2.12. The van der Waals surface area contributed by atoms with Crippen molar-refractivity contribution < 1.29 is 23.8 Å². The van der Waals surface area contributed by atoms with Gasteiger partial charge in [0, 0.05) is 5.56 Å². The van der Waals surface area contributed by atoms with E-state index in [1.54, 1.807) is 18.2 Å². The number of nitrogens with one attached hydrogen (secondary N) is 1. The van der Waals surface area contributed by atoms with E-state index < -0.39 is 17.7 Å². The van der Waals surface area contributed by atoms with Crippen LogP contribution in [0.3, 0.4) is 0 Å². The van der Waals surface area contributed by atoms with Crippen molar-refractivity contribution in [2.24, 2.45) is 0 Å². The lowest BCUT2D eigenvalue weighted by atomic mass is 10.1. The number of hydrogen-bond donors (Lipinski definition) is 2. The van der Waals surface area contributed by atoms with Crippen molar-refractivity contribution in [3.63, 3.8) is 0 Å². The summed E-state index contributed by atoms with van der Waals surface area (Å²) in [4.78, 5) is 22.7. The van der Waals surface area contributed by atoms with Crippen LogP contribution in [0.25, 0.3) is 0 Å². The molecule has 0 atom stereocenters. The summed E-state index contributed by atoms with van der Waals surface area (Å²) < 4.78 is 18.7. The van der Waals surface area contributed by atoms with Gasteiger partial charge in [-0.3, -0.25) is 4.79 Å². The van der Waals surface area contributed by atoms with Crippen LogP contribution in [0.2, 0.25) is 0 Å². The molecule has 0 saturated carbocycles. The Morgan fingerprint density at radius 2 is 1.90 bits per heavy atom. The molecule has 2 rings (SSSR count). The van der Waals surface area contributed by atoms with E-state index in [0.29, 0.717) is 11.3 Å². The highest BCUT2D eigenvalue weighted by Crippen LogP contribution is 2.18. The molecule has 0 spiro atoms. The Morgan fingerprint density at radius 1 is 1.14 bits per heavy atom. The van der Waals surface area contributed by atoms with Gasteiger partial charge in [-0.2, -0.15) is 0 Å². The summed E-state index contributed by atoms with van der Waals surface area (Å²) in [6.45, 7) is 0. The lowest BCUT2D eigenvalue weighted by Crippen LogP contribution is -2.13. The molecule has 0 radical (unpaired) electrons. The topological polar surface area (TPSA) is 75.6 Å². The van der Waals surface area contributed by atoms with Crippen molar-refractivity contribution in [3.8, 4) is 5.75 Å². The second-order valence-electron chi connectivity index (χ2n) is 4.19. The molecule has 0 unspecified atom stereocenters. The van der Waals surface area contributed by atoms with Gasteiger partial charge in [-0.25, -0.2) is 9.18 Å². The van der Waals surface area contributed by atoms with Crippen molar-refractivity contribution in [1.82, 2.24) is 0 Å². The van der Waals surface area contributed by atoms with Gasteiger partial charge in [-0.1, -0.05) is 6.07 Å². The molecule has 2 aromatic carbocycles. The van der Waals surface area contributed by atoms with Crippen molar-refractivity contribution in [2.75, 3.05) is 12.4 Å². The average Bonchev–Trinajstić information content (AvgIpc) is 2.49. The molecule has 0 saturated heterocycles. The lowest BCUT2D eigenvalue weighted by molar-refractivity contribution is 0.0696. The van der Waals surface area contributed by atoms with Gasteiger partial charge in [-0.15, -0.1) is 0 Å². The maximum atomic E-state index is 13.7. The molecule has 0 aliphatic rings.